The molecule has 0 aromatic carbocycles. The first-order valence-corrected chi connectivity index (χ1v) is 2.38. The Bertz CT molecular complexity index is 82.1. The quantitative estimate of drug-likeness (QED) is 0.261. The van der Waals surface area contributed by atoms with Crippen molar-refractivity contribution < 1.29 is 41.9 Å². The van der Waals surface area contributed by atoms with Crippen molar-refractivity contribution in [3.05, 3.63) is 0 Å². The van der Waals surface area contributed by atoms with Gasteiger partial charge < -0.3 is 47.7 Å². The van der Waals surface area contributed by atoms with Gasteiger partial charge in [0.2, 0.25) is 0 Å². The molecule has 0 aromatic heterocycles. The molecule has 0 aliphatic carbocycles. The molecule has 4 nitrogen and oxygen atoms in total. The molecule has 8 N–H and O–H groups in total. The Labute approximate surface area is 99.1 Å². The Morgan fingerprint density at radius 1 is 0.727 bits per heavy atom. The van der Waals surface area contributed by atoms with Crippen molar-refractivity contribution >= 4 is 34.7 Å². The molecule has 0 atom stereocenters. The largest absolute Gasteiger partial charge is 2.00 e. The minimum absolute atomic E-state index is 0. The molecule has 73 valence electrons. The minimum atomic E-state index is 0. The fourth-order valence-electron chi connectivity index (χ4n) is 0. The van der Waals surface area contributed by atoms with Gasteiger partial charge in [-0.1, -0.05) is 0 Å². The molecule has 11 heavy (non-hydrogen) atoms. The summed E-state index contributed by atoms with van der Waals surface area (Å²) in [4.78, 5) is 0. The predicted molar refractivity (Wildman–Crippen MR) is 41.9 cm³/mol. The zero-order valence-electron chi connectivity index (χ0n) is 5.18. The van der Waals surface area contributed by atoms with Gasteiger partial charge in [0.15, 0.2) is 10.2 Å². The van der Waals surface area contributed by atoms with Crippen LogP contribution in [-0.4, -0.2) is 10.2 Å². The van der Waals surface area contributed by atoms with E-state index in [9.17, 15) is 0 Å². The maximum absolute atomic E-state index is 4.62. The summed E-state index contributed by atoms with van der Waals surface area (Å²) in [6, 6.07) is 0. The van der Waals surface area contributed by atoms with Gasteiger partial charge >= 0.3 is 17.1 Å². The van der Waals surface area contributed by atoms with E-state index in [-0.39, 0.29) is 52.1 Å². The van der Waals surface area contributed by atoms with Gasteiger partial charge in [-0.15, -0.1) is 0 Å². The van der Waals surface area contributed by atoms with Gasteiger partial charge in [-0.05, 0) is 24.4 Å². The summed E-state index contributed by atoms with van der Waals surface area (Å²) in [5.41, 5.74) is 18.5. The number of thiocarbonyl (C=S) groups is 2. The summed E-state index contributed by atoms with van der Waals surface area (Å²) >= 11 is 8.19. The van der Waals surface area contributed by atoms with Gasteiger partial charge in [0, 0.05) is 0 Å². The second-order valence-corrected chi connectivity index (χ2v) is 1.75. The van der Waals surface area contributed by atoms with Crippen molar-refractivity contribution in [1.82, 2.24) is 0 Å². The molecule has 0 unspecified atom stereocenters. The van der Waals surface area contributed by atoms with Crippen molar-refractivity contribution in [1.29, 1.82) is 0 Å². The van der Waals surface area contributed by atoms with Crippen LogP contribution in [0.4, 0.5) is 0 Å². The van der Waals surface area contributed by atoms with Crippen molar-refractivity contribution in [2.75, 3.05) is 0 Å². The molecule has 0 heterocycles. The number of nitrogens with two attached hydrogens (primary N) is 4. The zero-order valence-corrected chi connectivity index (χ0v) is 9.27. The topological polar surface area (TPSA) is 104 Å². The van der Waals surface area contributed by atoms with Crippen LogP contribution < -0.4 is 47.7 Å². The molecule has 0 aromatic rings. The normalized spacial score (nSPS) is 4.36. The average molecular weight is 287 g/mol. The summed E-state index contributed by atoms with van der Waals surface area (Å²) in [7, 11) is 0. The van der Waals surface area contributed by atoms with Crippen LogP contribution in [0.2, 0.25) is 0 Å². The monoisotopic (exact) mass is 285 g/mol. The van der Waals surface area contributed by atoms with E-state index in [1.165, 1.54) is 0 Å². The Morgan fingerprint density at radius 2 is 0.727 bits per heavy atom. The van der Waals surface area contributed by atoms with Crippen molar-refractivity contribution in [3.8, 4) is 0 Å². The zero-order chi connectivity index (χ0) is 7.15. The third-order valence-corrected chi connectivity index (χ3v) is 0. The summed E-state index contributed by atoms with van der Waals surface area (Å²) in [6.07, 6.45) is 0. The minimum Gasteiger partial charge on any atom is -1.00 e. The molecule has 0 spiro atoms. The second kappa shape index (κ2) is 22.4. The molecule has 1 radical (unpaired) electrons. The van der Waals surface area contributed by atoms with Crippen LogP contribution in [0.15, 0.2) is 0 Å². The molecular formula is C2H8Cl2CuN4S2. The number of halogens is 2. The van der Waals surface area contributed by atoms with E-state index in [0.717, 1.165) is 0 Å². The van der Waals surface area contributed by atoms with Crippen LogP contribution in [0.25, 0.3) is 0 Å². The molecule has 0 bridgehead atoms. The Balaban J connectivity index is -0.0000000171. The van der Waals surface area contributed by atoms with Crippen molar-refractivity contribution in [2.24, 2.45) is 22.9 Å². The van der Waals surface area contributed by atoms with Crippen LogP contribution in [0.3, 0.4) is 0 Å². The van der Waals surface area contributed by atoms with Gasteiger partial charge in [0.1, 0.15) is 0 Å². The maximum Gasteiger partial charge on any atom is 2.00 e. The Hall–Kier alpha value is 0.479. The fourth-order valence-corrected chi connectivity index (χ4v) is 0. The summed E-state index contributed by atoms with van der Waals surface area (Å²) < 4.78 is 0. The second-order valence-electron chi connectivity index (χ2n) is 0.805. The SMILES string of the molecule is NC(N)=S.NC(N)=S.[Cl-].[Cl-].[Cu+2]. The fraction of sp³-hybridized carbons (Fsp3) is 0. The maximum atomic E-state index is 4.62. The smallest absolute Gasteiger partial charge is 1.00 e. The molecule has 0 amide bonds. The van der Waals surface area contributed by atoms with Gasteiger partial charge in [-0.2, -0.15) is 0 Å². The predicted octanol–water partition coefficient (Wildman–Crippen LogP) is -7.62. The summed E-state index contributed by atoms with van der Waals surface area (Å²) in [5.74, 6) is 0. The summed E-state index contributed by atoms with van der Waals surface area (Å²) in [5, 5.41) is 0.000000000000000444. The molecule has 0 saturated heterocycles. The van der Waals surface area contributed by atoms with Crippen LogP contribution in [0.1, 0.15) is 0 Å². The number of hydrogen-bond donors (Lipinski definition) is 4. The molecule has 0 aliphatic rings. The van der Waals surface area contributed by atoms with E-state index in [4.69, 9.17) is 0 Å². The van der Waals surface area contributed by atoms with Gasteiger partial charge in [-0.3, -0.25) is 0 Å². The third kappa shape index (κ3) is 3280. The van der Waals surface area contributed by atoms with Crippen LogP contribution in [0.5, 0.6) is 0 Å². The molecule has 0 rings (SSSR count). The standard InChI is InChI=1S/2CH4N2S.2ClH.Cu/c2*2-1(3)4;;;/h2*(H4,2,3,4);2*1H;/q;;;;+2/p-2. The third-order valence-electron chi connectivity index (χ3n) is 0. The first kappa shape index (κ1) is 30.0. The number of rotatable bonds is 0. The van der Waals surface area contributed by atoms with Crippen molar-refractivity contribution in [3.63, 3.8) is 0 Å². The first-order valence-electron chi connectivity index (χ1n) is 1.56. The summed E-state index contributed by atoms with van der Waals surface area (Å²) in [6.45, 7) is 0. The molecule has 0 fully saturated rings. The number of hydrogen-bond acceptors (Lipinski definition) is 2. The average Bonchev–Trinajstić information content (AvgIpc) is 1.25. The van der Waals surface area contributed by atoms with E-state index in [1.807, 2.05) is 0 Å². The molecule has 9 heteroatoms. The van der Waals surface area contributed by atoms with E-state index in [2.05, 4.69) is 47.4 Å². The molecule has 0 saturated carbocycles. The van der Waals surface area contributed by atoms with E-state index in [0.29, 0.717) is 0 Å². The van der Waals surface area contributed by atoms with Crippen molar-refractivity contribution in [2.45, 2.75) is 0 Å². The molecule has 0 aliphatic heterocycles. The van der Waals surface area contributed by atoms with E-state index >= 15 is 0 Å². The van der Waals surface area contributed by atoms with Crippen LogP contribution >= 0.6 is 24.4 Å². The van der Waals surface area contributed by atoms with E-state index < -0.39 is 0 Å². The van der Waals surface area contributed by atoms with Crippen LogP contribution in [0, 0.1) is 0 Å². The van der Waals surface area contributed by atoms with Gasteiger partial charge in [0.25, 0.3) is 0 Å². The van der Waals surface area contributed by atoms with E-state index in [1.54, 1.807) is 0 Å². The van der Waals surface area contributed by atoms with Gasteiger partial charge in [0.05, 0.1) is 0 Å². The molecular weight excluding hydrogens is 279 g/mol. The Morgan fingerprint density at radius 3 is 0.727 bits per heavy atom. The van der Waals surface area contributed by atoms with Crippen LogP contribution in [-0.2, 0) is 17.1 Å². The van der Waals surface area contributed by atoms with Gasteiger partial charge in [-0.25, -0.2) is 0 Å². The first-order chi connectivity index (χ1) is 3.46. The Kier molecular flexibility index (Phi) is 61.2.